The van der Waals surface area contributed by atoms with E-state index in [1.54, 1.807) is 45.5 Å². The molecule has 0 saturated carbocycles. The summed E-state index contributed by atoms with van der Waals surface area (Å²) >= 11 is 0. The lowest BCUT2D eigenvalue weighted by Gasteiger charge is -2.21. The van der Waals surface area contributed by atoms with Crippen LogP contribution in [-0.2, 0) is 4.79 Å². The van der Waals surface area contributed by atoms with Crippen LogP contribution in [0.2, 0.25) is 0 Å². The lowest BCUT2D eigenvalue weighted by atomic mass is 10.1. The van der Waals surface area contributed by atoms with Gasteiger partial charge in [-0.3, -0.25) is 4.79 Å². The van der Waals surface area contributed by atoms with Crippen LogP contribution in [0.15, 0.2) is 54.6 Å². The molecule has 0 bridgehead atoms. The van der Waals surface area contributed by atoms with E-state index in [1.807, 2.05) is 37.3 Å². The zero-order chi connectivity index (χ0) is 19.1. The number of allylic oxidation sites excluding steroid dienone is 1. The summed E-state index contributed by atoms with van der Waals surface area (Å²) in [7, 11) is 4.77. The van der Waals surface area contributed by atoms with Crippen molar-refractivity contribution < 1.29 is 19.4 Å². The van der Waals surface area contributed by atoms with E-state index >= 15 is 0 Å². The highest BCUT2D eigenvalue weighted by molar-refractivity contribution is 5.94. The van der Waals surface area contributed by atoms with E-state index in [0.717, 1.165) is 11.1 Å². The second-order valence-corrected chi connectivity index (χ2v) is 6.04. The number of amides is 1. The fourth-order valence-corrected chi connectivity index (χ4v) is 2.59. The summed E-state index contributed by atoms with van der Waals surface area (Å²) < 4.78 is 10.5. The van der Waals surface area contributed by atoms with Crippen LogP contribution < -0.4 is 9.47 Å². The second-order valence-electron chi connectivity index (χ2n) is 6.04. The van der Waals surface area contributed by atoms with Gasteiger partial charge in [0.05, 0.1) is 26.9 Å². The zero-order valence-corrected chi connectivity index (χ0v) is 15.6. The van der Waals surface area contributed by atoms with E-state index in [9.17, 15) is 9.90 Å². The molecule has 2 aromatic rings. The third kappa shape index (κ3) is 4.86. The summed E-state index contributed by atoms with van der Waals surface area (Å²) in [5.74, 6) is 0.970. The fraction of sp³-hybridized carbons (Fsp3) is 0.286. The van der Waals surface area contributed by atoms with Crippen LogP contribution in [-0.4, -0.2) is 43.7 Å². The molecule has 0 aliphatic carbocycles. The Morgan fingerprint density at radius 1 is 1.12 bits per heavy atom. The van der Waals surface area contributed by atoms with Gasteiger partial charge in [0.15, 0.2) is 11.5 Å². The van der Waals surface area contributed by atoms with Crippen LogP contribution in [0.4, 0.5) is 0 Å². The third-order valence-electron chi connectivity index (χ3n) is 4.18. The number of nitrogens with zero attached hydrogens (tertiary/aromatic N) is 1. The minimum absolute atomic E-state index is 0.161. The van der Waals surface area contributed by atoms with Gasteiger partial charge in [0.25, 0.3) is 0 Å². The number of hydrogen-bond donors (Lipinski definition) is 1. The number of likely N-dealkylation sites (N-methyl/N-ethyl adjacent to an activating group) is 1. The molecule has 0 aromatic heterocycles. The largest absolute Gasteiger partial charge is 0.493 e. The molecule has 1 atom stereocenters. The summed E-state index contributed by atoms with van der Waals surface area (Å²) in [5, 5.41) is 10.5. The number of carbonyl (C=O) groups is 1. The Bertz CT molecular complexity index is 771. The van der Waals surface area contributed by atoms with Crippen LogP contribution in [0.5, 0.6) is 11.5 Å². The monoisotopic (exact) mass is 355 g/mol. The zero-order valence-electron chi connectivity index (χ0n) is 15.6. The Morgan fingerprint density at radius 2 is 1.77 bits per heavy atom. The molecule has 5 heteroatoms. The van der Waals surface area contributed by atoms with Gasteiger partial charge in [0, 0.05) is 13.1 Å². The Kier molecular flexibility index (Phi) is 6.81. The molecule has 2 aromatic carbocycles. The van der Waals surface area contributed by atoms with E-state index in [2.05, 4.69) is 0 Å². The summed E-state index contributed by atoms with van der Waals surface area (Å²) in [6.45, 7) is 2.07. The first kappa shape index (κ1) is 19.5. The highest BCUT2D eigenvalue weighted by atomic mass is 16.5. The van der Waals surface area contributed by atoms with Gasteiger partial charge in [-0.1, -0.05) is 36.4 Å². The van der Waals surface area contributed by atoms with Gasteiger partial charge in [-0.25, -0.2) is 0 Å². The molecule has 5 nitrogen and oxygen atoms in total. The van der Waals surface area contributed by atoms with Gasteiger partial charge < -0.3 is 19.5 Å². The molecular weight excluding hydrogens is 330 g/mol. The molecule has 1 N–H and O–H groups in total. The van der Waals surface area contributed by atoms with Gasteiger partial charge >= 0.3 is 0 Å². The van der Waals surface area contributed by atoms with Crippen LogP contribution in [0.3, 0.4) is 0 Å². The standard InChI is InChI=1S/C21H25NO4/c1-15(16-8-6-5-7-9-16)12-21(24)22(2)14-18(23)17-10-11-19(25-3)20(13-17)26-4/h5-13,18,23H,14H2,1-4H3/b15-12+. The van der Waals surface area contributed by atoms with Crippen molar-refractivity contribution in [1.82, 2.24) is 4.90 Å². The molecule has 0 radical (unpaired) electrons. The minimum Gasteiger partial charge on any atom is -0.493 e. The number of methoxy groups -OCH3 is 2. The normalized spacial score (nSPS) is 12.4. The summed E-state index contributed by atoms with van der Waals surface area (Å²) in [5.41, 5.74) is 2.53. The smallest absolute Gasteiger partial charge is 0.246 e. The van der Waals surface area contributed by atoms with Gasteiger partial charge in [0.1, 0.15) is 0 Å². The van der Waals surface area contributed by atoms with E-state index in [4.69, 9.17) is 9.47 Å². The van der Waals surface area contributed by atoms with Crippen molar-refractivity contribution in [3.63, 3.8) is 0 Å². The average molecular weight is 355 g/mol. The maximum atomic E-state index is 12.4. The highest BCUT2D eigenvalue weighted by Crippen LogP contribution is 2.30. The van der Waals surface area contributed by atoms with Gasteiger partial charge in [-0.2, -0.15) is 0 Å². The van der Waals surface area contributed by atoms with Crippen molar-refractivity contribution in [2.45, 2.75) is 13.0 Å². The number of rotatable bonds is 7. The molecule has 0 aliphatic heterocycles. The first-order valence-electron chi connectivity index (χ1n) is 8.35. The molecule has 0 aliphatic rings. The predicted molar refractivity (Wildman–Crippen MR) is 102 cm³/mol. The van der Waals surface area contributed by atoms with Gasteiger partial charge in [-0.15, -0.1) is 0 Å². The number of aliphatic hydroxyl groups excluding tert-OH is 1. The highest BCUT2D eigenvalue weighted by Gasteiger charge is 2.16. The summed E-state index contributed by atoms with van der Waals surface area (Å²) in [4.78, 5) is 13.9. The number of benzene rings is 2. The molecule has 0 heterocycles. The maximum absolute atomic E-state index is 12.4. The number of ether oxygens (including phenoxy) is 2. The topological polar surface area (TPSA) is 59.0 Å². The van der Waals surface area contributed by atoms with Crippen LogP contribution in [0.1, 0.15) is 24.2 Å². The SMILES string of the molecule is COc1ccc(C(O)CN(C)C(=O)/C=C(\C)c2ccccc2)cc1OC. The quantitative estimate of drug-likeness (QED) is 0.774. The van der Waals surface area contributed by atoms with Gasteiger partial charge in [0.2, 0.25) is 5.91 Å². The number of aliphatic hydroxyl groups is 1. The molecule has 1 amide bonds. The van der Waals surface area contributed by atoms with Gasteiger partial charge in [-0.05, 0) is 35.8 Å². The van der Waals surface area contributed by atoms with Crippen molar-refractivity contribution in [3.8, 4) is 11.5 Å². The van der Waals surface area contributed by atoms with E-state index < -0.39 is 6.10 Å². The van der Waals surface area contributed by atoms with E-state index in [1.165, 1.54) is 4.90 Å². The predicted octanol–water partition coefficient (Wildman–Crippen LogP) is 3.30. The number of carbonyl (C=O) groups excluding carboxylic acids is 1. The molecular formula is C21H25NO4. The average Bonchev–Trinajstić information content (AvgIpc) is 2.67. The Hall–Kier alpha value is -2.79. The van der Waals surface area contributed by atoms with Crippen molar-refractivity contribution >= 4 is 11.5 Å². The fourth-order valence-electron chi connectivity index (χ4n) is 2.59. The lowest BCUT2D eigenvalue weighted by Crippen LogP contribution is -2.29. The molecule has 0 saturated heterocycles. The second kappa shape index (κ2) is 9.06. The summed E-state index contributed by atoms with van der Waals surface area (Å²) in [6.07, 6.45) is 0.755. The van der Waals surface area contributed by atoms with Crippen LogP contribution in [0, 0.1) is 0 Å². The summed E-state index contributed by atoms with van der Waals surface area (Å²) in [6, 6.07) is 14.9. The number of hydrogen-bond acceptors (Lipinski definition) is 4. The minimum atomic E-state index is -0.825. The van der Waals surface area contributed by atoms with E-state index in [0.29, 0.717) is 17.1 Å². The Balaban J connectivity index is 2.06. The van der Waals surface area contributed by atoms with Crippen LogP contribution >= 0.6 is 0 Å². The van der Waals surface area contributed by atoms with Crippen molar-refractivity contribution in [1.29, 1.82) is 0 Å². The van der Waals surface area contributed by atoms with E-state index in [-0.39, 0.29) is 12.5 Å². The Morgan fingerprint density at radius 3 is 2.38 bits per heavy atom. The molecule has 138 valence electrons. The molecule has 0 spiro atoms. The lowest BCUT2D eigenvalue weighted by molar-refractivity contribution is -0.126. The Labute approximate surface area is 154 Å². The first-order valence-corrected chi connectivity index (χ1v) is 8.35. The third-order valence-corrected chi connectivity index (χ3v) is 4.18. The van der Waals surface area contributed by atoms with Crippen molar-refractivity contribution in [3.05, 3.63) is 65.7 Å². The first-order chi connectivity index (χ1) is 12.5. The molecule has 1 unspecified atom stereocenters. The maximum Gasteiger partial charge on any atom is 0.246 e. The molecule has 2 rings (SSSR count). The molecule has 26 heavy (non-hydrogen) atoms. The molecule has 0 fully saturated rings. The van der Waals surface area contributed by atoms with Crippen molar-refractivity contribution in [2.75, 3.05) is 27.8 Å². The van der Waals surface area contributed by atoms with Crippen LogP contribution in [0.25, 0.3) is 5.57 Å². The van der Waals surface area contributed by atoms with Crippen molar-refractivity contribution in [2.24, 2.45) is 0 Å².